The third-order valence-corrected chi connectivity index (χ3v) is 8.45. The van der Waals surface area contributed by atoms with Crippen molar-refractivity contribution in [2.24, 2.45) is 4.99 Å². The quantitative estimate of drug-likeness (QED) is 0.223. The Morgan fingerprint density at radius 1 is 1.12 bits per heavy atom. The molecule has 5 rings (SSSR count). The van der Waals surface area contributed by atoms with E-state index in [1.165, 1.54) is 24.5 Å². The first-order valence-electron chi connectivity index (χ1n) is 12.4. The molecule has 204 valence electrons. The number of carbonyl (C=O) groups is 1. The van der Waals surface area contributed by atoms with Crippen molar-refractivity contribution in [1.82, 2.24) is 4.57 Å². The zero-order valence-electron chi connectivity index (χ0n) is 21.5. The van der Waals surface area contributed by atoms with Crippen molar-refractivity contribution in [3.8, 4) is 5.75 Å². The van der Waals surface area contributed by atoms with Gasteiger partial charge in [0, 0.05) is 15.6 Å². The summed E-state index contributed by atoms with van der Waals surface area (Å²) in [5.41, 5.74) is 2.41. The fourth-order valence-corrected chi connectivity index (χ4v) is 6.94. The van der Waals surface area contributed by atoms with Crippen LogP contribution in [0.1, 0.15) is 36.1 Å². The number of fused-ring (bicyclic) bond motifs is 1. The maximum absolute atomic E-state index is 14.2. The third kappa shape index (κ3) is 5.48. The molecule has 0 aliphatic carbocycles. The minimum Gasteiger partial charge on any atom is -0.487 e. The van der Waals surface area contributed by atoms with E-state index in [2.05, 4.69) is 31.9 Å². The molecule has 0 N–H and O–H groups in total. The minimum absolute atomic E-state index is 0.00531. The summed E-state index contributed by atoms with van der Waals surface area (Å²) in [5.74, 6) is -0.426. The summed E-state index contributed by atoms with van der Waals surface area (Å²) in [7, 11) is 1.32. The van der Waals surface area contributed by atoms with E-state index in [0.29, 0.717) is 48.4 Å². The molecule has 0 spiro atoms. The Balaban J connectivity index is 1.67. The van der Waals surface area contributed by atoms with E-state index < -0.39 is 12.0 Å². The van der Waals surface area contributed by atoms with Crippen LogP contribution in [0.5, 0.6) is 5.75 Å². The molecule has 1 aromatic heterocycles. The van der Waals surface area contributed by atoms with Gasteiger partial charge in [-0.15, -0.1) is 0 Å². The maximum Gasteiger partial charge on any atom is 0.338 e. The molecule has 0 unspecified atom stereocenters. The number of carbonyl (C=O) groups excluding carboxylic acids is 1. The van der Waals surface area contributed by atoms with E-state index in [-0.39, 0.29) is 18.0 Å². The summed E-state index contributed by atoms with van der Waals surface area (Å²) < 4.78 is 28.8. The number of methoxy groups -OCH3 is 1. The normalized spacial score (nSPS) is 15.0. The highest BCUT2D eigenvalue weighted by molar-refractivity contribution is 9.11. The molecule has 1 aliphatic rings. The molecule has 0 bridgehead atoms. The second-order valence-electron chi connectivity index (χ2n) is 8.88. The molecule has 3 aromatic carbocycles. The SMILES string of the molecule is CCC1=C(C(=O)OC)[C@@H](c2ccccc2)n2c(s/c(=C/c3cc(Br)cc(Br)c3OCc3ccccc3F)c2=O)=N1. The monoisotopic (exact) mass is 684 g/mol. The Morgan fingerprint density at radius 3 is 2.55 bits per heavy atom. The molecule has 10 heteroatoms. The van der Waals surface area contributed by atoms with Crippen molar-refractivity contribution < 1.29 is 18.7 Å². The van der Waals surface area contributed by atoms with Gasteiger partial charge in [-0.3, -0.25) is 9.36 Å². The van der Waals surface area contributed by atoms with Crippen molar-refractivity contribution in [3.63, 3.8) is 0 Å². The summed E-state index contributed by atoms with van der Waals surface area (Å²) in [5, 5.41) is 0. The van der Waals surface area contributed by atoms with Gasteiger partial charge in [-0.25, -0.2) is 14.2 Å². The first-order chi connectivity index (χ1) is 19.3. The number of benzene rings is 3. The highest BCUT2D eigenvalue weighted by Gasteiger charge is 2.33. The van der Waals surface area contributed by atoms with E-state index in [0.717, 1.165) is 10.0 Å². The number of thiazole rings is 1. The Morgan fingerprint density at radius 2 is 1.85 bits per heavy atom. The Bertz CT molecular complexity index is 1820. The standard InChI is InChI=1S/C30H23Br2FN2O4S/c1-3-23-25(29(37)38-2)26(17-9-5-4-6-10-17)35-28(36)24(40-30(35)34-23)14-19-13-20(31)15-21(32)27(19)39-16-18-11-7-8-12-22(18)33/h4-15,26H,3,16H2,1-2H3/b24-14+/t26-/m1/s1. The van der Waals surface area contributed by atoms with Gasteiger partial charge >= 0.3 is 5.97 Å². The van der Waals surface area contributed by atoms with Crippen molar-refractivity contribution in [2.45, 2.75) is 26.0 Å². The van der Waals surface area contributed by atoms with Crippen LogP contribution in [0.3, 0.4) is 0 Å². The molecule has 2 heterocycles. The second kappa shape index (κ2) is 12.0. The van der Waals surface area contributed by atoms with Gasteiger partial charge in [0.1, 0.15) is 18.2 Å². The van der Waals surface area contributed by atoms with Crippen molar-refractivity contribution in [1.29, 1.82) is 0 Å². The van der Waals surface area contributed by atoms with Gasteiger partial charge in [0.2, 0.25) is 0 Å². The van der Waals surface area contributed by atoms with Crippen LogP contribution < -0.4 is 19.6 Å². The molecule has 40 heavy (non-hydrogen) atoms. The first kappa shape index (κ1) is 28.2. The summed E-state index contributed by atoms with van der Waals surface area (Å²) in [4.78, 5) is 32.1. The fraction of sp³-hybridized carbons (Fsp3) is 0.167. The molecule has 4 aromatic rings. The van der Waals surface area contributed by atoms with Crippen molar-refractivity contribution in [2.75, 3.05) is 7.11 Å². The molecule has 1 aliphatic heterocycles. The summed E-state index contributed by atoms with van der Waals surface area (Å²) in [6, 6.07) is 18.7. The average molecular weight is 686 g/mol. The van der Waals surface area contributed by atoms with Gasteiger partial charge in [-0.05, 0) is 52.2 Å². The maximum atomic E-state index is 14.2. The topological polar surface area (TPSA) is 69.9 Å². The van der Waals surface area contributed by atoms with E-state index >= 15 is 0 Å². The number of allylic oxidation sites excluding steroid dienone is 1. The lowest BCUT2D eigenvalue weighted by molar-refractivity contribution is -0.136. The molecular weight excluding hydrogens is 663 g/mol. The summed E-state index contributed by atoms with van der Waals surface area (Å²) >= 11 is 8.28. The Kier molecular flexibility index (Phi) is 8.48. The van der Waals surface area contributed by atoms with Gasteiger partial charge in [0.05, 0.1) is 33.4 Å². The van der Waals surface area contributed by atoms with Crippen LogP contribution in [0.25, 0.3) is 6.08 Å². The van der Waals surface area contributed by atoms with Gasteiger partial charge in [-0.1, -0.05) is 82.7 Å². The van der Waals surface area contributed by atoms with E-state index in [9.17, 15) is 14.0 Å². The number of rotatable bonds is 7. The van der Waals surface area contributed by atoms with Crippen LogP contribution in [0.4, 0.5) is 4.39 Å². The smallest absolute Gasteiger partial charge is 0.338 e. The van der Waals surface area contributed by atoms with E-state index in [4.69, 9.17) is 14.5 Å². The highest BCUT2D eigenvalue weighted by atomic mass is 79.9. The zero-order chi connectivity index (χ0) is 28.4. The number of esters is 1. The average Bonchev–Trinajstić information content (AvgIpc) is 3.26. The van der Waals surface area contributed by atoms with Crippen LogP contribution in [-0.4, -0.2) is 17.6 Å². The predicted octanol–water partition coefficient (Wildman–Crippen LogP) is 6.04. The Hall–Kier alpha value is -3.34. The molecule has 0 amide bonds. The number of hydrogen-bond acceptors (Lipinski definition) is 6. The minimum atomic E-state index is -0.687. The van der Waals surface area contributed by atoms with Crippen LogP contribution >= 0.6 is 43.2 Å². The highest BCUT2D eigenvalue weighted by Crippen LogP contribution is 2.35. The lowest BCUT2D eigenvalue weighted by Gasteiger charge is -2.25. The van der Waals surface area contributed by atoms with Gasteiger partial charge < -0.3 is 9.47 Å². The number of nitrogens with zero attached hydrogens (tertiary/aromatic N) is 2. The third-order valence-electron chi connectivity index (χ3n) is 6.42. The number of aromatic nitrogens is 1. The molecule has 6 nitrogen and oxygen atoms in total. The molecule has 0 saturated heterocycles. The second-order valence-corrected chi connectivity index (χ2v) is 11.7. The van der Waals surface area contributed by atoms with Crippen LogP contribution in [-0.2, 0) is 16.1 Å². The van der Waals surface area contributed by atoms with E-state index in [1.54, 1.807) is 28.8 Å². The number of hydrogen-bond donors (Lipinski definition) is 0. The number of ether oxygens (including phenoxy) is 2. The van der Waals surface area contributed by atoms with Gasteiger partial charge in [0.25, 0.3) is 5.56 Å². The molecule has 0 radical (unpaired) electrons. The molecule has 0 fully saturated rings. The molecule has 1 atom stereocenters. The van der Waals surface area contributed by atoms with Crippen LogP contribution in [0.15, 0.2) is 96.7 Å². The summed E-state index contributed by atoms with van der Waals surface area (Å²) in [6.07, 6.45) is 2.22. The first-order valence-corrected chi connectivity index (χ1v) is 14.8. The van der Waals surface area contributed by atoms with Crippen molar-refractivity contribution in [3.05, 3.63) is 129 Å². The zero-order valence-corrected chi connectivity index (χ0v) is 25.5. The lowest BCUT2D eigenvalue weighted by atomic mass is 9.95. The molecule has 0 saturated carbocycles. The van der Waals surface area contributed by atoms with Crippen LogP contribution in [0.2, 0.25) is 0 Å². The van der Waals surface area contributed by atoms with Gasteiger partial charge in [0.15, 0.2) is 4.80 Å². The van der Waals surface area contributed by atoms with E-state index in [1.807, 2.05) is 49.4 Å². The van der Waals surface area contributed by atoms with Crippen molar-refractivity contribution >= 4 is 55.2 Å². The summed E-state index contributed by atoms with van der Waals surface area (Å²) in [6.45, 7) is 1.92. The Labute approximate surface area is 250 Å². The largest absolute Gasteiger partial charge is 0.487 e. The predicted molar refractivity (Wildman–Crippen MR) is 159 cm³/mol. The fourth-order valence-electron chi connectivity index (χ4n) is 4.56. The van der Waals surface area contributed by atoms with Gasteiger partial charge in [-0.2, -0.15) is 0 Å². The number of halogens is 3. The molecular formula is C30H23Br2FN2O4S. The lowest BCUT2D eigenvalue weighted by Crippen LogP contribution is -2.40. The van der Waals surface area contributed by atoms with Crippen LogP contribution in [0, 0.1) is 5.82 Å².